The van der Waals surface area contributed by atoms with Gasteiger partial charge in [0.15, 0.2) is 0 Å². The molecule has 0 aliphatic heterocycles. The van der Waals surface area contributed by atoms with Crippen molar-refractivity contribution in [2.45, 2.75) is 6.42 Å². The van der Waals surface area contributed by atoms with E-state index in [1.807, 2.05) is 18.2 Å². The fraction of sp³-hybridized carbons (Fsp3) is 0.0769. The first-order valence-electron chi connectivity index (χ1n) is 5.14. The van der Waals surface area contributed by atoms with Crippen LogP contribution < -0.4 is 11.2 Å². The molecule has 2 N–H and O–H groups in total. The SMILES string of the molecule is Bc1ccc(Cc2cccc(N)c2)cc1. The van der Waals surface area contributed by atoms with Gasteiger partial charge in [-0.25, -0.2) is 0 Å². The Morgan fingerprint density at radius 3 is 2.33 bits per heavy atom. The van der Waals surface area contributed by atoms with Gasteiger partial charge in [0.25, 0.3) is 0 Å². The van der Waals surface area contributed by atoms with Crippen LogP contribution in [-0.4, -0.2) is 7.85 Å². The van der Waals surface area contributed by atoms with Crippen molar-refractivity contribution in [3.8, 4) is 0 Å². The van der Waals surface area contributed by atoms with Gasteiger partial charge in [-0.3, -0.25) is 0 Å². The first-order valence-corrected chi connectivity index (χ1v) is 5.14. The van der Waals surface area contributed by atoms with Crippen LogP contribution in [0.25, 0.3) is 0 Å². The van der Waals surface area contributed by atoms with Gasteiger partial charge in [0.1, 0.15) is 7.85 Å². The van der Waals surface area contributed by atoms with Crippen molar-refractivity contribution in [3.05, 3.63) is 59.7 Å². The molecule has 0 fully saturated rings. The molecule has 0 radical (unpaired) electrons. The van der Waals surface area contributed by atoms with Crippen molar-refractivity contribution in [2.75, 3.05) is 5.73 Å². The fourth-order valence-corrected chi connectivity index (χ4v) is 1.64. The lowest BCUT2D eigenvalue weighted by atomic mass is 9.94. The number of nitrogen functional groups attached to an aromatic ring is 1. The fourth-order valence-electron chi connectivity index (χ4n) is 1.64. The molecule has 15 heavy (non-hydrogen) atoms. The van der Waals surface area contributed by atoms with Crippen molar-refractivity contribution in [1.29, 1.82) is 0 Å². The number of hydrogen-bond donors (Lipinski definition) is 1. The first-order chi connectivity index (χ1) is 7.24. The molecule has 0 bridgehead atoms. The number of benzene rings is 2. The molecule has 0 heterocycles. The predicted octanol–water partition coefficient (Wildman–Crippen LogP) is 1.12. The number of nitrogens with two attached hydrogens (primary N) is 1. The van der Waals surface area contributed by atoms with E-state index < -0.39 is 0 Å². The summed E-state index contributed by atoms with van der Waals surface area (Å²) >= 11 is 0. The lowest BCUT2D eigenvalue weighted by molar-refractivity contribution is 1.20. The zero-order valence-electron chi connectivity index (χ0n) is 8.90. The van der Waals surface area contributed by atoms with Crippen LogP contribution in [0.4, 0.5) is 5.69 Å². The highest BCUT2D eigenvalue weighted by atomic mass is 14.5. The standard InChI is InChI=1S/C13H14BN/c14-12-6-4-10(5-7-12)8-11-2-1-3-13(15)9-11/h1-7,9H,8,14-15H2. The summed E-state index contributed by atoms with van der Waals surface area (Å²) in [5.74, 6) is 0. The number of hydrogen-bond acceptors (Lipinski definition) is 1. The zero-order valence-corrected chi connectivity index (χ0v) is 8.90. The lowest BCUT2D eigenvalue weighted by Crippen LogP contribution is -2.00. The van der Waals surface area contributed by atoms with Crippen molar-refractivity contribution in [1.82, 2.24) is 0 Å². The Morgan fingerprint density at radius 1 is 0.933 bits per heavy atom. The van der Waals surface area contributed by atoms with Crippen LogP contribution in [0.3, 0.4) is 0 Å². The monoisotopic (exact) mass is 195 g/mol. The van der Waals surface area contributed by atoms with Gasteiger partial charge >= 0.3 is 0 Å². The number of anilines is 1. The van der Waals surface area contributed by atoms with E-state index in [4.69, 9.17) is 5.73 Å². The summed E-state index contributed by atoms with van der Waals surface area (Å²) in [6, 6.07) is 16.7. The third-order valence-electron chi connectivity index (χ3n) is 2.48. The van der Waals surface area contributed by atoms with Crippen LogP contribution >= 0.6 is 0 Å². The summed E-state index contributed by atoms with van der Waals surface area (Å²) in [5, 5.41) is 0. The molecule has 0 spiro atoms. The summed E-state index contributed by atoms with van der Waals surface area (Å²) in [6.45, 7) is 0. The Bertz CT molecular complexity index is 448. The second-order valence-electron chi connectivity index (χ2n) is 3.91. The van der Waals surface area contributed by atoms with Crippen molar-refractivity contribution in [2.24, 2.45) is 0 Å². The van der Waals surface area contributed by atoms with Crippen LogP contribution in [0, 0.1) is 0 Å². The molecular weight excluding hydrogens is 181 g/mol. The molecule has 0 aliphatic rings. The molecule has 74 valence electrons. The van der Waals surface area contributed by atoms with Gasteiger partial charge in [-0.15, -0.1) is 0 Å². The molecule has 0 atom stereocenters. The molecule has 2 rings (SSSR count). The maximum absolute atomic E-state index is 5.74. The van der Waals surface area contributed by atoms with E-state index in [-0.39, 0.29) is 0 Å². The Hall–Kier alpha value is -1.70. The average Bonchev–Trinajstić information content (AvgIpc) is 2.22. The maximum Gasteiger partial charge on any atom is 0.139 e. The van der Waals surface area contributed by atoms with Gasteiger partial charge in [-0.05, 0) is 29.7 Å². The minimum absolute atomic E-state index is 0.833. The summed E-state index contributed by atoms with van der Waals surface area (Å²) in [5.41, 5.74) is 10.5. The number of rotatable bonds is 2. The van der Waals surface area contributed by atoms with E-state index in [2.05, 4.69) is 38.2 Å². The zero-order chi connectivity index (χ0) is 10.7. The third kappa shape index (κ3) is 2.63. The molecule has 2 aromatic rings. The molecule has 2 heteroatoms. The average molecular weight is 195 g/mol. The minimum Gasteiger partial charge on any atom is -0.399 e. The van der Waals surface area contributed by atoms with Crippen LogP contribution in [0.2, 0.25) is 0 Å². The molecule has 0 amide bonds. The quantitative estimate of drug-likeness (QED) is 0.563. The summed E-state index contributed by atoms with van der Waals surface area (Å²) in [7, 11) is 2.10. The summed E-state index contributed by atoms with van der Waals surface area (Å²) < 4.78 is 0. The Balaban J connectivity index is 2.18. The highest BCUT2D eigenvalue weighted by Gasteiger charge is 1.96. The topological polar surface area (TPSA) is 26.0 Å². The molecule has 0 saturated heterocycles. The molecule has 2 aromatic carbocycles. The van der Waals surface area contributed by atoms with Crippen molar-refractivity contribution < 1.29 is 0 Å². The van der Waals surface area contributed by atoms with E-state index in [9.17, 15) is 0 Å². The minimum atomic E-state index is 0.833. The highest BCUT2D eigenvalue weighted by molar-refractivity contribution is 6.32. The Labute approximate surface area is 91.3 Å². The largest absolute Gasteiger partial charge is 0.399 e. The van der Waals surface area contributed by atoms with Gasteiger partial charge < -0.3 is 5.73 Å². The van der Waals surface area contributed by atoms with Crippen LogP contribution in [0.1, 0.15) is 11.1 Å². The highest BCUT2D eigenvalue weighted by Crippen LogP contribution is 2.11. The molecular formula is C13H14BN. The predicted molar refractivity (Wildman–Crippen MR) is 68.3 cm³/mol. The second-order valence-corrected chi connectivity index (χ2v) is 3.91. The van der Waals surface area contributed by atoms with E-state index >= 15 is 0 Å². The third-order valence-corrected chi connectivity index (χ3v) is 2.48. The maximum atomic E-state index is 5.74. The smallest absolute Gasteiger partial charge is 0.139 e. The van der Waals surface area contributed by atoms with E-state index in [0.717, 1.165) is 12.1 Å². The van der Waals surface area contributed by atoms with E-state index in [0.29, 0.717) is 0 Å². The van der Waals surface area contributed by atoms with Gasteiger partial charge in [-0.1, -0.05) is 41.9 Å². The molecule has 0 saturated carbocycles. The van der Waals surface area contributed by atoms with Crippen LogP contribution in [-0.2, 0) is 6.42 Å². The van der Waals surface area contributed by atoms with Crippen molar-refractivity contribution >= 4 is 19.0 Å². The Kier molecular flexibility index (Phi) is 2.77. The van der Waals surface area contributed by atoms with Crippen LogP contribution in [0.15, 0.2) is 48.5 Å². The van der Waals surface area contributed by atoms with Gasteiger partial charge in [0.05, 0.1) is 0 Å². The second kappa shape index (κ2) is 4.22. The van der Waals surface area contributed by atoms with E-state index in [1.165, 1.54) is 16.6 Å². The Morgan fingerprint density at radius 2 is 1.67 bits per heavy atom. The first kappa shape index (κ1) is 9.84. The van der Waals surface area contributed by atoms with Gasteiger partial charge in [0, 0.05) is 5.69 Å². The van der Waals surface area contributed by atoms with Gasteiger partial charge in [0.2, 0.25) is 0 Å². The van der Waals surface area contributed by atoms with Crippen molar-refractivity contribution in [3.63, 3.8) is 0 Å². The van der Waals surface area contributed by atoms with Gasteiger partial charge in [-0.2, -0.15) is 0 Å². The summed E-state index contributed by atoms with van der Waals surface area (Å²) in [4.78, 5) is 0. The normalized spacial score (nSPS) is 10.1. The van der Waals surface area contributed by atoms with Crippen LogP contribution in [0.5, 0.6) is 0 Å². The molecule has 0 aromatic heterocycles. The van der Waals surface area contributed by atoms with E-state index in [1.54, 1.807) is 0 Å². The summed E-state index contributed by atoms with van der Waals surface area (Å²) in [6.07, 6.45) is 0.950. The lowest BCUT2D eigenvalue weighted by Gasteiger charge is -2.03. The molecule has 0 aliphatic carbocycles. The molecule has 1 nitrogen and oxygen atoms in total. The molecule has 0 unspecified atom stereocenters.